The van der Waals surface area contributed by atoms with E-state index in [1.807, 2.05) is 6.07 Å². The Morgan fingerprint density at radius 2 is 1.96 bits per heavy atom. The van der Waals surface area contributed by atoms with Crippen molar-refractivity contribution in [2.24, 2.45) is 5.92 Å². The number of fused-ring (bicyclic) bond motifs is 1. The monoisotopic (exact) mass is 344 g/mol. The Bertz CT molecular complexity index is 603. The molecular formula is C19H28N4O2. The van der Waals surface area contributed by atoms with Crippen molar-refractivity contribution in [2.75, 3.05) is 31.2 Å². The number of nitrogens with one attached hydrogen (secondary N) is 3. The van der Waals surface area contributed by atoms with Crippen LogP contribution in [0.1, 0.15) is 31.2 Å². The summed E-state index contributed by atoms with van der Waals surface area (Å²) in [4.78, 5) is 15.1. The molecule has 3 N–H and O–H groups in total. The summed E-state index contributed by atoms with van der Waals surface area (Å²) in [5, 5.41) is 3.15. The Labute approximate surface area is 149 Å². The van der Waals surface area contributed by atoms with Crippen molar-refractivity contribution in [3.8, 4) is 0 Å². The van der Waals surface area contributed by atoms with Crippen molar-refractivity contribution in [1.82, 2.24) is 16.2 Å². The van der Waals surface area contributed by atoms with E-state index >= 15 is 0 Å². The van der Waals surface area contributed by atoms with Gasteiger partial charge in [-0.05, 0) is 24.5 Å². The maximum atomic E-state index is 12.7. The first-order chi connectivity index (χ1) is 12.3. The number of carbonyl (C=O) groups excluding carboxylic acids is 1. The number of hydrazine groups is 1. The minimum Gasteiger partial charge on any atom is -0.378 e. The van der Waals surface area contributed by atoms with Gasteiger partial charge in [-0.25, -0.2) is 5.43 Å². The normalized spacial score (nSPS) is 29.3. The summed E-state index contributed by atoms with van der Waals surface area (Å²) >= 11 is 0. The second-order valence-corrected chi connectivity index (χ2v) is 7.27. The maximum Gasteiger partial charge on any atom is 0.239 e. The van der Waals surface area contributed by atoms with Crippen molar-refractivity contribution in [3.63, 3.8) is 0 Å². The van der Waals surface area contributed by atoms with Crippen LogP contribution in [0.4, 0.5) is 5.69 Å². The molecule has 0 spiro atoms. The Morgan fingerprint density at radius 3 is 2.84 bits per heavy atom. The van der Waals surface area contributed by atoms with Gasteiger partial charge in [0.1, 0.15) is 6.04 Å². The lowest BCUT2D eigenvalue weighted by Gasteiger charge is -2.31. The van der Waals surface area contributed by atoms with Crippen LogP contribution in [0.2, 0.25) is 0 Å². The predicted molar refractivity (Wildman–Crippen MR) is 97.1 cm³/mol. The van der Waals surface area contributed by atoms with Gasteiger partial charge < -0.3 is 15.0 Å². The summed E-state index contributed by atoms with van der Waals surface area (Å²) in [6.45, 7) is 3.91. The van der Waals surface area contributed by atoms with E-state index in [1.54, 1.807) is 0 Å². The van der Waals surface area contributed by atoms with Crippen LogP contribution < -0.4 is 21.1 Å². The molecule has 2 aliphatic heterocycles. The van der Waals surface area contributed by atoms with E-state index in [1.165, 1.54) is 30.5 Å². The maximum absolute atomic E-state index is 12.7. The van der Waals surface area contributed by atoms with Gasteiger partial charge in [-0.2, -0.15) is 0 Å². The molecule has 3 unspecified atom stereocenters. The first kappa shape index (κ1) is 16.8. The highest BCUT2D eigenvalue weighted by molar-refractivity contribution is 5.82. The van der Waals surface area contributed by atoms with Gasteiger partial charge in [-0.15, -0.1) is 0 Å². The van der Waals surface area contributed by atoms with Crippen LogP contribution in [0.25, 0.3) is 0 Å². The standard InChI is InChI=1S/C19H28N4O2/c24-19(18-15-6-2-3-7-16(15)21-22-18)20-13-14-5-1-4-8-17(14)23-9-11-25-12-10-23/h1,4-5,8,15-16,18,21-22H,2-3,6-7,9-13H2,(H,20,24). The molecule has 0 radical (unpaired) electrons. The molecule has 0 bridgehead atoms. The summed E-state index contributed by atoms with van der Waals surface area (Å²) in [7, 11) is 0. The molecule has 1 saturated carbocycles. The van der Waals surface area contributed by atoms with Crippen LogP contribution >= 0.6 is 0 Å². The van der Waals surface area contributed by atoms with Gasteiger partial charge in [0, 0.05) is 37.3 Å². The number of hydrogen-bond acceptors (Lipinski definition) is 5. The number of nitrogens with zero attached hydrogens (tertiary/aromatic N) is 1. The number of anilines is 1. The summed E-state index contributed by atoms with van der Waals surface area (Å²) in [6, 6.07) is 8.68. The molecule has 6 heteroatoms. The third-order valence-corrected chi connectivity index (χ3v) is 5.75. The first-order valence-electron chi connectivity index (χ1n) is 9.52. The minimum atomic E-state index is -0.110. The van der Waals surface area contributed by atoms with Crippen LogP contribution in [0, 0.1) is 5.92 Å². The average Bonchev–Trinajstić information content (AvgIpc) is 3.11. The topological polar surface area (TPSA) is 65.6 Å². The van der Waals surface area contributed by atoms with E-state index in [2.05, 4.69) is 39.3 Å². The van der Waals surface area contributed by atoms with Gasteiger partial charge in [0.15, 0.2) is 0 Å². The molecular weight excluding hydrogens is 316 g/mol. The smallest absolute Gasteiger partial charge is 0.239 e. The predicted octanol–water partition coefficient (Wildman–Crippen LogP) is 1.17. The van der Waals surface area contributed by atoms with E-state index < -0.39 is 0 Å². The zero-order chi connectivity index (χ0) is 17.1. The number of amides is 1. The molecule has 0 aromatic heterocycles. The van der Waals surface area contributed by atoms with Crippen LogP contribution in [0.5, 0.6) is 0 Å². The molecule has 4 rings (SSSR count). The number of rotatable bonds is 4. The van der Waals surface area contributed by atoms with E-state index in [9.17, 15) is 4.79 Å². The van der Waals surface area contributed by atoms with Gasteiger partial charge >= 0.3 is 0 Å². The number of para-hydroxylation sites is 1. The zero-order valence-electron chi connectivity index (χ0n) is 14.7. The lowest BCUT2D eigenvalue weighted by atomic mass is 9.81. The van der Waals surface area contributed by atoms with Crippen molar-refractivity contribution in [3.05, 3.63) is 29.8 Å². The molecule has 3 atom stereocenters. The summed E-state index contributed by atoms with van der Waals surface area (Å²) in [6.07, 6.45) is 4.79. The van der Waals surface area contributed by atoms with Crippen LogP contribution in [-0.4, -0.2) is 44.3 Å². The van der Waals surface area contributed by atoms with Gasteiger partial charge in [-0.1, -0.05) is 31.0 Å². The third kappa shape index (κ3) is 3.66. The number of morpholine rings is 1. The van der Waals surface area contributed by atoms with Crippen LogP contribution in [0.3, 0.4) is 0 Å². The molecule has 1 amide bonds. The highest BCUT2D eigenvalue weighted by Gasteiger charge is 2.40. The SMILES string of the molecule is O=C(NCc1ccccc1N1CCOCC1)C1NNC2CCCCC21. The van der Waals surface area contributed by atoms with Gasteiger partial charge in [0.2, 0.25) is 5.91 Å². The molecule has 136 valence electrons. The van der Waals surface area contributed by atoms with Gasteiger partial charge in [-0.3, -0.25) is 10.2 Å². The second-order valence-electron chi connectivity index (χ2n) is 7.27. The van der Waals surface area contributed by atoms with Gasteiger partial charge in [0.05, 0.1) is 13.2 Å². The molecule has 1 aliphatic carbocycles. The van der Waals surface area contributed by atoms with Crippen LogP contribution in [0.15, 0.2) is 24.3 Å². The molecule has 3 aliphatic rings. The largest absolute Gasteiger partial charge is 0.378 e. The fourth-order valence-corrected chi connectivity index (χ4v) is 4.37. The highest BCUT2D eigenvalue weighted by atomic mass is 16.5. The highest BCUT2D eigenvalue weighted by Crippen LogP contribution is 2.30. The lowest BCUT2D eigenvalue weighted by Crippen LogP contribution is -2.45. The number of benzene rings is 1. The molecule has 25 heavy (non-hydrogen) atoms. The molecule has 2 saturated heterocycles. The van der Waals surface area contributed by atoms with E-state index in [0.29, 0.717) is 18.5 Å². The lowest BCUT2D eigenvalue weighted by molar-refractivity contribution is -0.124. The molecule has 6 nitrogen and oxygen atoms in total. The van der Waals surface area contributed by atoms with E-state index in [4.69, 9.17) is 4.74 Å². The molecule has 1 aromatic carbocycles. The van der Waals surface area contributed by atoms with E-state index in [0.717, 1.165) is 32.7 Å². The third-order valence-electron chi connectivity index (χ3n) is 5.75. The number of ether oxygens (including phenoxy) is 1. The minimum absolute atomic E-state index is 0.110. The van der Waals surface area contributed by atoms with Crippen molar-refractivity contribution in [1.29, 1.82) is 0 Å². The quantitative estimate of drug-likeness (QED) is 0.765. The summed E-state index contributed by atoms with van der Waals surface area (Å²) in [5.41, 5.74) is 8.92. The Hall–Kier alpha value is -1.63. The Morgan fingerprint density at radius 1 is 1.16 bits per heavy atom. The fourth-order valence-electron chi connectivity index (χ4n) is 4.37. The van der Waals surface area contributed by atoms with Crippen LogP contribution in [-0.2, 0) is 16.1 Å². The second kappa shape index (κ2) is 7.72. The molecule has 2 heterocycles. The number of hydrogen-bond donors (Lipinski definition) is 3. The van der Waals surface area contributed by atoms with Crippen molar-refractivity contribution in [2.45, 2.75) is 44.3 Å². The van der Waals surface area contributed by atoms with Crippen molar-refractivity contribution >= 4 is 11.6 Å². The zero-order valence-corrected chi connectivity index (χ0v) is 14.7. The van der Waals surface area contributed by atoms with Crippen molar-refractivity contribution < 1.29 is 9.53 Å². The summed E-state index contributed by atoms with van der Waals surface area (Å²) in [5.74, 6) is 0.530. The van der Waals surface area contributed by atoms with E-state index in [-0.39, 0.29) is 11.9 Å². The summed E-state index contributed by atoms with van der Waals surface area (Å²) < 4.78 is 5.45. The van der Waals surface area contributed by atoms with Gasteiger partial charge in [0.25, 0.3) is 0 Å². The number of carbonyl (C=O) groups is 1. The fraction of sp³-hybridized carbons (Fsp3) is 0.632. The molecule has 1 aromatic rings. The Balaban J connectivity index is 1.39. The average molecular weight is 344 g/mol. The Kier molecular flexibility index (Phi) is 5.20. The first-order valence-corrected chi connectivity index (χ1v) is 9.52. The molecule has 3 fully saturated rings.